The number of nitrogens with zero attached hydrogens (tertiary/aromatic N) is 1. The molecule has 0 radical (unpaired) electrons. The first kappa shape index (κ1) is 15.2. The van der Waals surface area contributed by atoms with Crippen molar-refractivity contribution in [2.75, 3.05) is 19.7 Å². The molecule has 2 atom stereocenters. The van der Waals surface area contributed by atoms with Gasteiger partial charge in [0.25, 0.3) is 0 Å². The van der Waals surface area contributed by atoms with E-state index in [4.69, 9.17) is 9.57 Å². The van der Waals surface area contributed by atoms with Gasteiger partial charge in [-0.25, -0.2) is 4.79 Å². The average molecular weight is 324 g/mol. The van der Waals surface area contributed by atoms with E-state index in [1.807, 2.05) is 48.5 Å². The number of rotatable bonds is 3. The summed E-state index contributed by atoms with van der Waals surface area (Å²) in [4.78, 5) is 19.7. The lowest BCUT2D eigenvalue weighted by atomic mass is 9.83. The normalized spacial score (nSPS) is 25.5. The van der Waals surface area contributed by atoms with Crippen molar-refractivity contribution < 1.29 is 14.4 Å². The quantitative estimate of drug-likeness (QED) is 0.943. The van der Waals surface area contributed by atoms with Crippen LogP contribution >= 0.6 is 0 Å². The predicted octanol–water partition coefficient (Wildman–Crippen LogP) is 2.69. The second kappa shape index (κ2) is 6.26. The molecule has 2 aromatic carbocycles. The standard InChI is InChI=1S/C19H20N2O3/c22-18(23-12-15-7-3-1-4-8-15)21-11-17-13-24-20-19(17,14-21)16-9-5-2-6-10-16/h1-10,17,20H,11-14H2/t17-,19+/m0/s1. The van der Waals surface area contributed by atoms with E-state index < -0.39 is 0 Å². The smallest absolute Gasteiger partial charge is 0.410 e. The first-order valence-electron chi connectivity index (χ1n) is 8.18. The number of hydrogen-bond donors (Lipinski definition) is 1. The summed E-state index contributed by atoms with van der Waals surface area (Å²) in [6.45, 7) is 2.07. The van der Waals surface area contributed by atoms with Crippen molar-refractivity contribution >= 4 is 6.09 Å². The summed E-state index contributed by atoms with van der Waals surface area (Å²) in [6, 6.07) is 19.9. The molecule has 2 fully saturated rings. The maximum absolute atomic E-state index is 12.5. The van der Waals surface area contributed by atoms with Crippen molar-refractivity contribution in [3.8, 4) is 0 Å². The van der Waals surface area contributed by atoms with Gasteiger partial charge in [0.2, 0.25) is 0 Å². The van der Waals surface area contributed by atoms with Crippen molar-refractivity contribution in [3.63, 3.8) is 0 Å². The number of fused-ring (bicyclic) bond motifs is 1. The van der Waals surface area contributed by atoms with Crippen molar-refractivity contribution in [2.45, 2.75) is 12.1 Å². The van der Waals surface area contributed by atoms with Crippen LogP contribution in [0.5, 0.6) is 0 Å². The van der Waals surface area contributed by atoms with Crippen LogP contribution in [0.1, 0.15) is 11.1 Å². The highest BCUT2D eigenvalue weighted by atomic mass is 16.7. The molecule has 24 heavy (non-hydrogen) atoms. The Morgan fingerprint density at radius 3 is 2.62 bits per heavy atom. The van der Waals surface area contributed by atoms with Gasteiger partial charge in [-0.15, -0.1) is 0 Å². The van der Waals surface area contributed by atoms with Gasteiger partial charge in [-0.3, -0.25) is 0 Å². The van der Waals surface area contributed by atoms with Crippen LogP contribution in [-0.2, 0) is 21.7 Å². The van der Waals surface area contributed by atoms with Crippen LogP contribution in [0.15, 0.2) is 60.7 Å². The van der Waals surface area contributed by atoms with E-state index in [1.54, 1.807) is 4.90 Å². The van der Waals surface area contributed by atoms with E-state index in [1.165, 1.54) is 0 Å². The second-order valence-corrected chi connectivity index (χ2v) is 6.37. The highest BCUT2D eigenvalue weighted by Crippen LogP contribution is 2.40. The van der Waals surface area contributed by atoms with E-state index >= 15 is 0 Å². The fourth-order valence-corrected chi connectivity index (χ4v) is 3.57. The van der Waals surface area contributed by atoms with Crippen molar-refractivity contribution in [1.82, 2.24) is 10.4 Å². The molecule has 1 N–H and O–H groups in total. The Morgan fingerprint density at radius 1 is 1.17 bits per heavy atom. The highest BCUT2D eigenvalue weighted by molar-refractivity contribution is 5.68. The number of ether oxygens (including phenoxy) is 1. The lowest BCUT2D eigenvalue weighted by molar-refractivity contribution is 0.0426. The van der Waals surface area contributed by atoms with Crippen LogP contribution in [0.25, 0.3) is 0 Å². The number of hydrogen-bond acceptors (Lipinski definition) is 4. The summed E-state index contributed by atoms with van der Waals surface area (Å²) in [5.74, 6) is 0.226. The number of benzene rings is 2. The zero-order valence-corrected chi connectivity index (χ0v) is 13.4. The van der Waals surface area contributed by atoms with E-state index in [0.717, 1.165) is 11.1 Å². The average Bonchev–Trinajstić information content (AvgIpc) is 3.20. The van der Waals surface area contributed by atoms with Gasteiger partial charge in [0.15, 0.2) is 0 Å². The first-order chi connectivity index (χ1) is 11.8. The molecule has 2 aromatic rings. The molecule has 0 bridgehead atoms. The number of carbonyl (C=O) groups is 1. The van der Waals surface area contributed by atoms with E-state index in [0.29, 0.717) is 26.3 Å². The summed E-state index contributed by atoms with van der Waals surface area (Å²) >= 11 is 0. The highest BCUT2D eigenvalue weighted by Gasteiger charge is 2.53. The zero-order chi connectivity index (χ0) is 16.4. The first-order valence-corrected chi connectivity index (χ1v) is 8.18. The Balaban J connectivity index is 1.46. The van der Waals surface area contributed by atoms with E-state index in [2.05, 4.69) is 17.6 Å². The van der Waals surface area contributed by atoms with Crippen LogP contribution in [0.3, 0.4) is 0 Å². The van der Waals surface area contributed by atoms with Crippen molar-refractivity contribution in [3.05, 3.63) is 71.8 Å². The second-order valence-electron chi connectivity index (χ2n) is 6.37. The largest absolute Gasteiger partial charge is 0.445 e. The third-order valence-corrected chi connectivity index (χ3v) is 4.87. The van der Waals surface area contributed by atoms with Crippen LogP contribution in [0.4, 0.5) is 4.79 Å². The third kappa shape index (κ3) is 2.66. The summed E-state index contributed by atoms with van der Waals surface area (Å²) in [7, 11) is 0. The maximum atomic E-state index is 12.5. The zero-order valence-electron chi connectivity index (χ0n) is 13.4. The Hall–Kier alpha value is -2.37. The lowest BCUT2D eigenvalue weighted by Crippen LogP contribution is -2.44. The van der Waals surface area contributed by atoms with E-state index in [9.17, 15) is 4.79 Å². The number of likely N-dealkylation sites (tertiary alicyclic amines) is 1. The fourth-order valence-electron chi connectivity index (χ4n) is 3.57. The van der Waals surface area contributed by atoms with Crippen molar-refractivity contribution in [1.29, 1.82) is 0 Å². The molecule has 4 rings (SSSR count). The lowest BCUT2D eigenvalue weighted by Gasteiger charge is -2.27. The molecule has 0 saturated carbocycles. The molecule has 5 heteroatoms. The summed E-state index contributed by atoms with van der Waals surface area (Å²) in [5.41, 5.74) is 4.95. The van der Waals surface area contributed by atoms with Crippen molar-refractivity contribution in [2.24, 2.45) is 5.92 Å². The molecule has 2 aliphatic rings. The minimum absolute atomic E-state index is 0.226. The topological polar surface area (TPSA) is 50.8 Å². The predicted molar refractivity (Wildman–Crippen MR) is 88.9 cm³/mol. The monoisotopic (exact) mass is 324 g/mol. The molecular weight excluding hydrogens is 304 g/mol. The van der Waals surface area contributed by atoms with Gasteiger partial charge in [0.1, 0.15) is 6.61 Å². The molecule has 2 saturated heterocycles. The molecule has 0 aromatic heterocycles. The number of carbonyl (C=O) groups excluding carboxylic acids is 1. The summed E-state index contributed by atoms with van der Waals surface area (Å²) in [5, 5.41) is 0. The number of nitrogens with one attached hydrogen (secondary N) is 1. The molecule has 2 heterocycles. The molecule has 0 spiro atoms. The third-order valence-electron chi connectivity index (χ3n) is 4.87. The van der Waals surface area contributed by atoms with Gasteiger partial charge in [0.05, 0.1) is 12.1 Å². The molecule has 0 aliphatic carbocycles. The minimum atomic E-state index is -0.340. The SMILES string of the molecule is O=C(OCc1ccccc1)N1C[C@H]2CON[C@@]2(c2ccccc2)C1. The Bertz CT molecular complexity index is 707. The van der Waals surface area contributed by atoms with Gasteiger partial charge >= 0.3 is 6.09 Å². The Labute approximate surface area is 141 Å². The fraction of sp³-hybridized carbons (Fsp3) is 0.316. The van der Waals surface area contributed by atoms with Crippen LogP contribution in [-0.4, -0.2) is 30.7 Å². The van der Waals surface area contributed by atoms with Crippen LogP contribution < -0.4 is 5.48 Å². The van der Waals surface area contributed by atoms with Crippen LogP contribution in [0.2, 0.25) is 0 Å². The Morgan fingerprint density at radius 2 is 1.88 bits per heavy atom. The van der Waals surface area contributed by atoms with Gasteiger partial charge in [-0.2, -0.15) is 5.48 Å². The van der Waals surface area contributed by atoms with Gasteiger partial charge in [-0.05, 0) is 11.1 Å². The molecule has 5 nitrogen and oxygen atoms in total. The minimum Gasteiger partial charge on any atom is -0.445 e. The molecule has 2 aliphatic heterocycles. The van der Waals surface area contributed by atoms with E-state index in [-0.39, 0.29) is 17.6 Å². The number of hydroxylamine groups is 1. The molecule has 124 valence electrons. The van der Waals surface area contributed by atoms with Crippen LogP contribution in [0, 0.1) is 5.92 Å². The van der Waals surface area contributed by atoms with Gasteiger partial charge < -0.3 is 14.5 Å². The molecule has 0 unspecified atom stereocenters. The Kier molecular flexibility index (Phi) is 3.96. The summed E-state index contributed by atoms with van der Waals surface area (Å²) in [6.07, 6.45) is -0.273. The van der Waals surface area contributed by atoms with Gasteiger partial charge in [-0.1, -0.05) is 60.7 Å². The van der Waals surface area contributed by atoms with Gasteiger partial charge in [0, 0.05) is 19.0 Å². The molecular formula is C19H20N2O3. The molecule has 1 amide bonds. The number of amides is 1. The summed E-state index contributed by atoms with van der Waals surface area (Å²) < 4.78 is 5.48. The maximum Gasteiger partial charge on any atom is 0.410 e.